The maximum Gasteiger partial charge on any atom is 0.224 e. The van der Waals surface area contributed by atoms with Crippen LogP contribution in [0.2, 0.25) is 0 Å². The summed E-state index contributed by atoms with van der Waals surface area (Å²) < 4.78 is 0. The van der Waals surface area contributed by atoms with Crippen molar-refractivity contribution in [3.63, 3.8) is 0 Å². The average Bonchev–Trinajstić information content (AvgIpc) is 2.92. The van der Waals surface area contributed by atoms with Crippen molar-refractivity contribution in [2.24, 2.45) is 0 Å². The molecule has 0 spiro atoms. The summed E-state index contributed by atoms with van der Waals surface area (Å²) in [6.45, 7) is 1.85. The Kier molecular flexibility index (Phi) is 4.15. The van der Waals surface area contributed by atoms with Gasteiger partial charge in [0.2, 0.25) is 5.91 Å². The van der Waals surface area contributed by atoms with E-state index in [4.69, 9.17) is 0 Å². The highest BCUT2D eigenvalue weighted by Gasteiger charge is 2.22. The van der Waals surface area contributed by atoms with Crippen molar-refractivity contribution in [3.05, 3.63) is 54.1 Å². The van der Waals surface area contributed by atoms with E-state index >= 15 is 0 Å². The van der Waals surface area contributed by atoms with E-state index in [1.165, 1.54) is 10.5 Å². The van der Waals surface area contributed by atoms with Gasteiger partial charge >= 0.3 is 0 Å². The van der Waals surface area contributed by atoms with Crippen molar-refractivity contribution in [3.8, 4) is 0 Å². The number of thioether (sulfide) groups is 1. The van der Waals surface area contributed by atoms with E-state index in [9.17, 15) is 4.79 Å². The van der Waals surface area contributed by atoms with Crippen LogP contribution < -0.4 is 10.6 Å². The first kappa shape index (κ1) is 14.0. The van der Waals surface area contributed by atoms with Gasteiger partial charge in [0.15, 0.2) is 0 Å². The van der Waals surface area contributed by atoms with E-state index in [-0.39, 0.29) is 5.91 Å². The van der Waals surface area contributed by atoms with Crippen molar-refractivity contribution in [2.45, 2.75) is 24.3 Å². The van der Waals surface area contributed by atoms with Crippen molar-refractivity contribution in [1.29, 1.82) is 0 Å². The molecule has 108 valence electrons. The molecule has 4 heteroatoms. The van der Waals surface area contributed by atoms with E-state index in [1.807, 2.05) is 43.0 Å². The standard InChI is InChI=1S/C17H18N2OS/c1-2-17(20)19-13-9-7-12(8-10-13)18-15-11-21-16-6-4-3-5-14(15)16/h3-10,15,18H,2,11H2,1H3,(H,19,20). The molecule has 1 aliphatic rings. The van der Waals surface area contributed by atoms with Crippen LogP contribution in [0.3, 0.4) is 0 Å². The van der Waals surface area contributed by atoms with Crippen molar-refractivity contribution >= 4 is 29.0 Å². The fourth-order valence-electron chi connectivity index (χ4n) is 2.38. The molecule has 0 radical (unpaired) electrons. The van der Waals surface area contributed by atoms with Crippen molar-refractivity contribution < 1.29 is 4.79 Å². The molecule has 0 bridgehead atoms. The van der Waals surface area contributed by atoms with Crippen molar-refractivity contribution in [2.75, 3.05) is 16.4 Å². The molecule has 2 N–H and O–H groups in total. The van der Waals surface area contributed by atoms with Gasteiger partial charge in [0, 0.05) is 28.4 Å². The third-order valence-electron chi connectivity index (χ3n) is 3.53. The first-order valence-corrected chi connectivity index (χ1v) is 8.13. The van der Waals surface area contributed by atoms with Gasteiger partial charge in [-0.05, 0) is 35.9 Å². The van der Waals surface area contributed by atoms with Gasteiger partial charge in [-0.1, -0.05) is 25.1 Å². The number of rotatable bonds is 4. The molecule has 0 saturated carbocycles. The third kappa shape index (κ3) is 3.22. The molecule has 2 aromatic carbocycles. The first-order valence-electron chi connectivity index (χ1n) is 7.14. The molecule has 1 atom stereocenters. The molecule has 1 aliphatic heterocycles. The molecule has 0 fully saturated rings. The van der Waals surface area contributed by atoms with E-state index in [2.05, 4.69) is 34.9 Å². The summed E-state index contributed by atoms with van der Waals surface area (Å²) in [5.74, 6) is 1.09. The summed E-state index contributed by atoms with van der Waals surface area (Å²) in [6.07, 6.45) is 0.496. The zero-order valence-electron chi connectivity index (χ0n) is 11.9. The highest BCUT2D eigenvalue weighted by atomic mass is 32.2. The van der Waals surface area contributed by atoms with Gasteiger partial charge in [0.25, 0.3) is 0 Å². The maximum absolute atomic E-state index is 11.4. The van der Waals surface area contributed by atoms with Crippen LogP contribution in [0.5, 0.6) is 0 Å². The zero-order chi connectivity index (χ0) is 14.7. The number of nitrogens with one attached hydrogen (secondary N) is 2. The van der Waals surface area contributed by atoms with E-state index in [0.29, 0.717) is 12.5 Å². The Morgan fingerprint density at radius 2 is 1.86 bits per heavy atom. The van der Waals surface area contributed by atoms with Gasteiger partial charge in [0.05, 0.1) is 6.04 Å². The number of fused-ring (bicyclic) bond motifs is 1. The lowest BCUT2D eigenvalue weighted by atomic mass is 10.1. The summed E-state index contributed by atoms with van der Waals surface area (Å²) in [7, 11) is 0. The third-order valence-corrected chi connectivity index (χ3v) is 4.71. The lowest BCUT2D eigenvalue weighted by Crippen LogP contribution is -2.11. The van der Waals surface area contributed by atoms with Crippen LogP contribution in [0.1, 0.15) is 24.9 Å². The summed E-state index contributed by atoms with van der Waals surface area (Å²) >= 11 is 1.89. The summed E-state index contributed by atoms with van der Waals surface area (Å²) in [6, 6.07) is 16.8. The second kappa shape index (κ2) is 6.22. The smallest absolute Gasteiger partial charge is 0.224 e. The fraction of sp³-hybridized carbons (Fsp3) is 0.235. The van der Waals surface area contributed by atoms with Gasteiger partial charge < -0.3 is 10.6 Å². The van der Waals surface area contributed by atoms with Gasteiger partial charge in [-0.3, -0.25) is 4.79 Å². The largest absolute Gasteiger partial charge is 0.377 e. The molecule has 3 nitrogen and oxygen atoms in total. The van der Waals surface area contributed by atoms with Crippen LogP contribution in [0, 0.1) is 0 Å². The fourth-order valence-corrected chi connectivity index (χ4v) is 3.54. The number of benzene rings is 2. The number of carbonyl (C=O) groups is 1. The molecule has 1 heterocycles. The minimum atomic E-state index is 0.0387. The van der Waals surface area contributed by atoms with Crippen LogP contribution in [0.15, 0.2) is 53.4 Å². The molecule has 3 rings (SSSR count). The molecule has 0 saturated heterocycles. The number of anilines is 2. The molecule has 1 amide bonds. The SMILES string of the molecule is CCC(=O)Nc1ccc(NC2CSc3ccccc32)cc1. The molecule has 0 aliphatic carbocycles. The van der Waals surface area contributed by atoms with E-state index in [1.54, 1.807) is 0 Å². The second-order valence-corrected chi connectivity index (χ2v) is 6.09. The van der Waals surface area contributed by atoms with Gasteiger partial charge in [0.1, 0.15) is 0 Å². The highest BCUT2D eigenvalue weighted by molar-refractivity contribution is 7.99. The van der Waals surface area contributed by atoms with Gasteiger partial charge in [-0.2, -0.15) is 0 Å². The highest BCUT2D eigenvalue weighted by Crippen LogP contribution is 2.39. The quantitative estimate of drug-likeness (QED) is 0.884. The van der Waals surface area contributed by atoms with Crippen LogP contribution in [-0.4, -0.2) is 11.7 Å². The number of carbonyl (C=O) groups excluding carboxylic acids is 1. The average molecular weight is 298 g/mol. The minimum Gasteiger partial charge on any atom is -0.377 e. The van der Waals surface area contributed by atoms with E-state index in [0.717, 1.165) is 17.1 Å². The minimum absolute atomic E-state index is 0.0387. The lowest BCUT2D eigenvalue weighted by molar-refractivity contribution is -0.115. The number of hydrogen-bond acceptors (Lipinski definition) is 3. The summed E-state index contributed by atoms with van der Waals surface area (Å²) in [4.78, 5) is 12.7. The zero-order valence-corrected chi connectivity index (χ0v) is 12.7. The Bertz CT molecular complexity index is 639. The predicted molar refractivity (Wildman–Crippen MR) is 88.9 cm³/mol. The van der Waals surface area contributed by atoms with Gasteiger partial charge in [-0.25, -0.2) is 0 Å². The Labute approximate surface area is 129 Å². The van der Waals surface area contributed by atoms with Crippen LogP contribution >= 0.6 is 11.8 Å². The Morgan fingerprint density at radius 1 is 1.14 bits per heavy atom. The second-order valence-electron chi connectivity index (χ2n) is 5.02. The van der Waals surface area contributed by atoms with Crippen LogP contribution in [0.25, 0.3) is 0 Å². The summed E-state index contributed by atoms with van der Waals surface area (Å²) in [5.41, 5.74) is 3.28. The van der Waals surface area contributed by atoms with Gasteiger partial charge in [-0.15, -0.1) is 11.8 Å². The predicted octanol–water partition coefficient (Wildman–Crippen LogP) is 4.29. The Hall–Kier alpha value is -1.94. The lowest BCUT2D eigenvalue weighted by Gasteiger charge is -2.15. The monoisotopic (exact) mass is 298 g/mol. The molecule has 21 heavy (non-hydrogen) atoms. The van der Waals surface area contributed by atoms with Crippen LogP contribution in [-0.2, 0) is 4.79 Å². The molecule has 1 unspecified atom stereocenters. The Morgan fingerprint density at radius 3 is 2.62 bits per heavy atom. The molecule has 2 aromatic rings. The summed E-state index contributed by atoms with van der Waals surface area (Å²) in [5, 5.41) is 6.42. The Balaban J connectivity index is 1.68. The number of amides is 1. The number of hydrogen-bond donors (Lipinski definition) is 2. The molecule has 0 aromatic heterocycles. The topological polar surface area (TPSA) is 41.1 Å². The maximum atomic E-state index is 11.4. The molecular formula is C17H18N2OS. The normalized spacial score (nSPS) is 16.3. The van der Waals surface area contributed by atoms with Crippen molar-refractivity contribution in [1.82, 2.24) is 0 Å². The first-order chi connectivity index (χ1) is 10.3. The van der Waals surface area contributed by atoms with Crippen LogP contribution in [0.4, 0.5) is 11.4 Å². The van der Waals surface area contributed by atoms with E-state index < -0.39 is 0 Å². The molecular weight excluding hydrogens is 280 g/mol.